The molecule has 0 bridgehead atoms. The molecule has 1 aromatic rings. The summed E-state index contributed by atoms with van der Waals surface area (Å²) < 4.78 is 0. The molecule has 1 heterocycles. The third-order valence-corrected chi connectivity index (χ3v) is 5.98. The second-order valence-corrected chi connectivity index (χ2v) is 8.29. The third kappa shape index (κ3) is 3.62. The van der Waals surface area contributed by atoms with E-state index < -0.39 is 0 Å². The van der Waals surface area contributed by atoms with Crippen molar-refractivity contribution in [2.75, 3.05) is 6.54 Å². The van der Waals surface area contributed by atoms with Crippen LogP contribution < -0.4 is 10.6 Å². The van der Waals surface area contributed by atoms with E-state index in [4.69, 9.17) is 11.6 Å². The summed E-state index contributed by atoms with van der Waals surface area (Å²) in [4.78, 5) is 12.7. The van der Waals surface area contributed by atoms with Crippen molar-refractivity contribution < 1.29 is 4.79 Å². The first-order valence-electron chi connectivity index (χ1n) is 9.31. The molecule has 3 rings (SSSR count). The normalized spacial score (nSPS) is 23.8. The number of nitrogens with one attached hydrogen (secondary N) is 2. The van der Waals surface area contributed by atoms with Crippen molar-refractivity contribution in [1.29, 1.82) is 0 Å². The van der Waals surface area contributed by atoms with Crippen molar-refractivity contribution in [2.24, 2.45) is 5.92 Å². The van der Waals surface area contributed by atoms with Crippen LogP contribution in [-0.4, -0.2) is 24.5 Å². The fraction of sp³-hybridized carbons (Fsp3) is 0.650. The monoisotopic (exact) mass is 348 g/mol. The summed E-state index contributed by atoms with van der Waals surface area (Å²) in [6.07, 6.45) is 6.58. The number of carbonyl (C=O) groups is 1. The smallest absolute Gasteiger partial charge is 0.237 e. The van der Waals surface area contributed by atoms with Crippen molar-refractivity contribution in [3.05, 3.63) is 34.9 Å². The molecule has 1 aromatic carbocycles. The molecule has 4 heteroatoms. The van der Waals surface area contributed by atoms with Gasteiger partial charge in [0.1, 0.15) is 0 Å². The predicted octanol–water partition coefficient (Wildman–Crippen LogP) is 4.04. The van der Waals surface area contributed by atoms with Crippen LogP contribution in [0, 0.1) is 5.92 Å². The fourth-order valence-corrected chi connectivity index (χ4v) is 4.38. The van der Waals surface area contributed by atoms with Gasteiger partial charge < -0.3 is 10.6 Å². The Morgan fingerprint density at radius 3 is 2.50 bits per heavy atom. The standard InChI is InChI=1S/C20H29ClN2O/c1-14(2)13-18(23-19(24)17-5-3-12-22-17)20(10-4-11-20)15-6-8-16(21)9-7-15/h6-9,14,17-18,22H,3-5,10-13H2,1-2H3,(H,23,24). The van der Waals surface area contributed by atoms with Gasteiger partial charge in [-0.05, 0) is 62.3 Å². The Morgan fingerprint density at radius 2 is 2.00 bits per heavy atom. The lowest BCUT2D eigenvalue weighted by molar-refractivity contribution is -0.124. The molecular formula is C20H29ClN2O. The summed E-state index contributed by atoms with van der Waals surface area (Å²) in [7, 11) is 0. The van der Waals surface area contributed by atoms with Crippen LogP contribution >= 0.6 is 11.6 Å². The second kappa shape index (κ2) is 7.45. The molecule has 1 aliphatic carbocycles. The molecule has 2 N–H and O–H groups in total. The molecular weight excluding hydrogens is 320 g/mol. The highest BCUT2D eigenvalue weighted by Crippen LogP contribution is 2.48. The molecule has 2 unspecified atom stereocenters. The Morgan fingerprint density at radius 1 is 1.29 bits per heavy atom. The van der Waals surface area contributed by atoms with Crippen LogP contribution in [-0.2, 0) is 10.2 Å². The van der Waals surface area contributed by atoms with E-state index in [0.29, 0.717) is 5.92 Å². The van der Waals surface area contributed by atoms with Crippen LogP contribution in [0.25, 0.3) is 0 Å². The molecule has 3 nitrogen and oxygen atoms in total. The van der Waals surface area contributed by atoms with E-state index in [-0.39, 0.29) is 23.4 Å². The number of halogens is 1. The highest BCUT2D eigenvalue weighted by atomic mass is 35.5. The van der Waals surface area contributed by atoms with Gasteiger partial charge in [-0.1, -0.05) is 44.0 Å². The van der Waals surface area contributed by atoms with Gasteiger partial charge in [0.2, 0.25) is 5.91 Å². The van der Waals surface area contributed by atoms with Gasteiger partial charge in [0, 0.05) is 16.5 Å². The molecule has 2 fully saturated rings. The zero-order chi connectivity index (χ0) is 17.2. The van der Waals surface area contributed by atoms with E-state index in [9.17, 15) is 4.79 Å². The van der Waals surface area contributed by atoms with Gasteiger partial charge in [-0.2, -0.15) is 0 Å². The fourth-order valence-electron chi connectivity index (χ4n) is 4.25. The Kier molecular flexibility index (Phi) is 5.51. The summed E-state index contributed by atoms with van der Waals surface area (Å²) in [6.45, 7) is 5.43. The summed E-state index contributed by atoms with van der Waals surface area (Å²) in [6, 6.07) is 8.43. The summed E-state index contributed by atoms with van der Waals surface area (Å²) >= 11 is 6.08. The van der Waals surface area contributed by atoms with Crippen molar-refractivity contribution in [1.82, 2.24) is 10.6 Å². The number of benzene rings is 1. The highest BCUT2D eigenvalue weighted by molar-refractivity contribution is 6.30. The Bertz CT molecular complexity index is 560. The Balaban J connectivity index is 1.82. The maximum Gasteiger partial charge on any atom is 0.237 e. The summed E-state index contributed by atoms with van der Waals surface area (Å²) in [5, 5.41) is 7.50. The molecule has 1 saturated heterocycles. The lowest BCUT2D eigenvalue weighted by Gasteiger charge is -2.49. The molecule has 0 spiro atoms. The predicted molar refractivity (Wildman–Crippen MR) is 99.4 cm³/mol. The first-order valence-corrected chi connectivity index (χ1v) is 9.69. The van der Waals surface area contributed by atoms with Gasteiger partial charge in [-0.3, -0.25) is 4.79 Å². The average Bonchev–Trinajstić information content (AvgIpc) is 3.01. The largest absolute Gasteiger partial charge is 0.351 e. The topological polar surface area (TPSA) is 41.1 Å². The molecule has 24 heavy (non-hydrogen) atoms. The molecule has 2 atom stereocenters. The maximum atomic E-state index is 12.7. The van der Waals surface area contributed by atoms with Gasteiger partial charge in [0.15, 0.2) is 0 Å². The van der Waals surface area contributed by atoms with E-state index in [0.717, 1.165) is 43.7 Å². The minimum Gasteiger partial charge on any atom is -0.351 e. The van der Waals surface area contributed by atoms with Crippen LogP contribution in [0.5, 0.6) is 0 Å². The number of amides is 1. The molecule has 0 aromatic heterocycles. The van der Waals surface area contributed by atoms with E-state index in [2.05, 4.69) is 36.6 Å². The SMILES string of the molecule is CC(C)CC(NC(=O)C1CCCN1)C1(c2ccc(Cl)cc2)CCC1. The van der Waals surface area contributed by atoms with E-state index in [1.165, 1.54) is 12.0 Å². The molecule has 1 saturated carbocycles. The van der Waals surface area contributed by atoms with Gasteiger partial charge in [0.05, 0.1) is 6.04 Å². The lowest BCUT2D eigenvalue weighted by atomic mass is 9.58. The van der Waals surface area contributed by atoms with Crippen LogP contribution in [0.4, 0.5) is 0 Å². The summed E-state index contributed by atoms with van der Waals surface area (Å²) in [5.74, 6) is 0.731. The van der Waals surface area contributed by atoms with Gasteiger partial charge >= 0.3 is 0 Å². The van der Waals surface area contributed by atoms with Gasteiger partial charge in [-0.25, -0.2) is 0 Å². The van der Waals surface area contributed by atoms with Gasteiger partial charge in [0.25, 0.3) is 0 Å². The zero-order valence-corrected chi connectivity index (χ0v) is 15.5. The van der Waals surface area contributed by atoms with Crippen molar-refractivity contribution in [2.45, 2.75) is 69.9 Å². The average molecular weight is 349 g/mol. The maximum absolute atomic E-state index is 12.7. The molecule has 132 valence electrons. The van der Waals surface area contributed by atoms with Crippen LogP contribution in [0.15, 0.2) is 24.3 Å². The van der Waals surface area contributed by atoms with E-state index in [1.807, 2.05) is 12.1 Å². The Labute approximate surface area is 150 Å². The third-order valence-electron chi connectivity index (χ3n) is 5.73. The number of rotatable bonds is 6. The zero-order valence-electron chi connectivity index (χ0n) is 14.8. The van der Waals surface area contributed by atoms with E-state index in [1.54, 1.807) is 0 Å². The Hall–Kier alpha value is -1.06. The quantitative estimate of drug-likeness (QED) is 0.814. The van der Waals surface area contributed by atoms with Crippen LogP contribution in [0.2, 0.25) is 5.02 Å². The lowest BCUT2D eigenvalue weighted by Crippen LogP contribution is -2.57. The van der Waals surface area contributed by atoms with Crippen LogP contribution in [0.3, 0.4) is 0 Å². The van der Waals surface area contributed by atoms with Crippen molar-refractivity contribution in [3.63, 3.8) is 0 Å². The molecule has 0 radical (unpaired) electrons. The number of hydrogen-bond donors (Lipinski definition) is 2. The molecule has 2 aliphatic rings. The first kappa shape index (κ1) is 17.8. The number of hydrogen-bond acceptors (Lipinski definition) is 2. The van der Waals surface area contributed by atoms with E-state index >= 15 is 0 Å². The highest BCUT2D eigenvalue weighted by Gasteiger charge is 2.46. The first-order chi connectivity index (χ1) is 11.5. The minimum absolute atomic E-state index is 0.0120. The molecule has 1 aliphatic heterocycles. The van der Waals surface area contributed by atoms with Crippen molar-refractivity contribution in [3.8, 4) is 0 Å². The molecule has 1 amide bonds. The number of carbonyl (C=O) groups excluding carboxylic acids is 1. The van der Waals surface area contributed by atoms with Gasteiger partial charge in [-0.15, -0.1) is 0 Å². The summed E-state index contributed by atoms with van der Waals surface area (Å²) in [5.41, 5.74) is 1.40. The van der Waals surface area contributed by atoms with Crippen molar-refractivity contribution >= 4 is 17.5 Å². The van der Waals surface area contributed by atoms with Crippen LogP contribution in [0.1, 0.15) is 57.9 Å². The second-order valence-electron chi connectivity index (χ2n) is 7.86. The minimum atomic E-state index is -0.0120.